The molecule has 0 radical (unpaired) electrons. The van der Waals surface area contributed by atoms with E-state index < -0.39 is 40.9 Å². The minimum absolute atomic E-state index is 0.107. The summed E-state index contributed by atoms with van der Waals surface area (Å²) in [6.07, 6.45) is -0.178. The molecule has 35 heavy (non-hydrogen) atoms. The van der Waals surface area contributed by atoms with Crippen molar-refractivity contribution in [3.63, 3.8) is 0 Å². The van der Waals surface area contributed by atoms with Crippen LogP contribution in [0, 0.1) is 17.5 Å². The Kier molecular flexibility index (Phi) is 7.00. The molecule has 0 saturated carbocycles. The average molecular weight is 518 g/mol. The SMILES string of the molecule is O=C(NC(Cc1ccc(-c2c(Cl)cc(F)cc2Cl)c2ccccc12)C(=O)O)c1c(F)cccc1F. The topological polar surface area (TPSA) is 66.4 Å². The Hall–Kier alpha value is -3.55. The van der Waals surface area contributed by atoms with E-state index in [0.29, 0.717) is 27.5 Å². The van der Waals surface area contributed by atoms with E-state index in [1.165, 1.54) is 0 Å². The second kappa shape index (κ2) is 9.98. The molecule has 0 spiro atoms. The van der Waals surface area contributed by atoms with E-state index in [4.69, 9.17) is 23.2 Å². The van der Waals surface area contributed by atoms with E-state index in [-0.39, 0.29) is 16.5 Å². The molecule has 4 aromatic rings. The number of amides is 1. The van der Waals surface area contributed by atoms with Crippen molar-refractivity contribution in [3.05, 3.63) is 105 Å². The highest BCUT2D eigenvalue weighted by Crippen LogP contribution is 2.40. The first-order chi connectivity index (χ1) is 16.7. The maximum Gasteiger partial charge on any atom is 0.326 e. The van der Waals surface area contributed by atoms with Gasteiger partial charge in [-0.15, -0.1) is 0 Å². The summed E-state index contributed by atoms with van der Waals surface area (Å²) in [5, 5.41) is 13.4. The van der Waals surface area contributed by atoms with Crippen LogP contribution >= 0.6 is 23.2 Å². The standard InChI is InChI=1S/C26H16Cl2F3NO3/c27-18-11-14(29)12-19(28)23(18)17-9-8-13(15-4-1-2-5-16(15)17)10-22(26(34)35)32-25(33)24-20(30)6-3-7-21(24)31/h1-9,11-12,22H,10H2,(H,32,33)(H,34,35). The minimum atomic E-state index is -1.48. The van der Waals surface area contributed by atoms with Gasteiger partial charge in [-0.2, -0.15) is 0 Å². The van der Waals surface area contributed by atoms with Crippen LogP contribution in [0.2, 0.25) is 10.0 Å². The first kappa shape index (κ1) is 24.6. The molecule has 0 heterocycles. The van der Waals surface area contributed by atoms with Gasteiger partial charge >= 0.3 is 5.97 Å². The quantitative estimate of drug-likeness (QED) is 0.300. The van der Waals surface area contributed by atoms with E-state index in [0.717, 1.165) is 30.3 Å². The molecule has 4 aromatic carbocycles. The summed E-state index contributed by atoms with van der Waals surface area (Å²) in [5.74, 6) is -5.35. The van der Waals surface area contributed by atoms with Crippen LogP contribution in [0.4, 0.5) is 13.2 Å². The zero-order chi connectivity index (χ0) is 25.3. The number of hydrogen-bond acceptors (Lipinski definition) is 2. The molecule has 1 amide bonds. The Labute approximate surface area is 207 Å². The maximum atomic E-state index is 14.0. The van der Waals surface area contributed by atoms with Crippen molar-refractivity contribution in [3.8, 4) is 11.1 Å². The number of nitrogens with one attached hydrogen (secondary N) is 1. The lowest BCUT2D eigenvalue weighted by atomic mass is 9.92. The molecule has 2 N–H and O–H groups in total. The lowest BCUT2D eigenvalue weighted by Crippen LogP contribution is -2.43. The number of carboxylic acid groups (broad SMARTS) is 1. The van der Waals surface area contributed by atoms with Gasteiger partial charge in [0.05, 0.1) is 10.0 Å². The van der Waals surface area contributed by atoms with Gasteiger partial charge in [0.2, 0.25) is 0 Å². The van der Waals surface area contributed by atoms with Crippen LogP contribution in [0.1, 0.15) is 15.9 Å². The molecule has 0 saturated heterocycles. The molecule has 178 valence electrons. The number of halogens is 5. The summed E-state index contributed by atoms with van der Waals surface area (Å²) in [6.45, 7) is 0. The minimum Gasteiger partial charge on any atom is -0.480 e. The van der Waals surface area contributed by atoms with Crippen molar-refractivity contribution in [2.75, 3.05) is 0 Å². The summed E-state index contributed by atoms with van der Waals surface area (Å²) < 4.78 is 41.7. The van der Waals surface area contributed by atoms with Crippen LogP contribution in [0.25, 0.3) is 21.9 Å². The van der Waals surface area contributed by atoms with Crippen LogP contribution < -0.4 is 5.32 Å². The summed E-state index contributed by atoms with van der Waals surface area (Å²) in [7, 11) is 0. The Bertz CT molecular complexity index is 1430. The summed E-state index contributed by atoms with van der Waals surface area (Å²) in [4.78, 5) is 24.4. The van der Waals surface area contributed by atoms with Crippen molar-refractivity contribution < 1.29 is 27.9 Å². The van der Waals surface area contributed by atoms with E-state index >= 15 is 0 Å². The van der Waals surface area contributed by atoms with E-state index in [1.807, 2.05) is 0 Å². The molecule has 0 aliphatic rings. The monoisotopic (exact) mass is 517 g/mol. The number of carboxylic acids is 1. The zero-order valence-corrected chi connectivity index (χ0v) is 19.3. The molecular formula is C26H16Cl2F3NO3. The zero-order valence-electron chi connectivity index (χ0n) is 17.8. The number of carbonyl (C=O) groups is 2. The van der Waals surface area contributed by atoms with Gasteiger partial charge in [0.25, 0.3) is 5.91 Å². The van der Waals surface area contributed by atoms with E-state index in [9.17, 15) is 27.9 Å². The Balaban J connectivity index is 1.73. The highest BCUT2D eigenvalue weighted by Gasteiger charge is 2.26. The number of aliphatic carboxylic acids is 1. The predicted molar refractivity (Wildman–Crippen MR) is 128 cm³/mol. The van der Waals surface area contributed by atoms with Crippen molar-refractivity contribution in [2.24, 2.45) is 0 Å². The van der Waals surface area contributed by atoms with Gasteiger partial charge in [-0.05, 0) is 46.2 Å². The number of rotatable bonds is 6. The van der Waals surface area contributed by atoms with Crippen LogP contribution in [0.15, 0.2) is 66.7 Å². The Morgan fingerprint density at radius 3 is 2.06 bits per heavy atom. The van der Waals surface area contributed by atoms with Gasteiger partial charge in [-0.25, -0.2) is 18.0 Å². The van der Waals surface area contributed by atoms with Crippen LogP contribution in [0.3, 0.4) is 0 Å². The molecule has 0 aliphatic heterocycles. The maximum absolute atomic E-state index is 14.0. The predicted octanol–water partition coefficient (Wildman–Crippen LogP) is 6.66. The normalized spacial score (nSPS) is 11.9. The molecule has 4 rings (SSSR count). The van der Waals surface area contributed by atoms with E-state index in [2.05, 4.69) is 5.32 Å². The second-order valence-electron chi connectivity index (χ2n) is 7.73. The third-order valence-electron chi connectivity index (χ3n) is 5.51. The van der Waals surface area contributed by atoms with Crippen molar-refractivity contribution >= 4 is 45.9 Å². The number of hydrogen-bond donors (Lipinski definition) is 2. The molecule has 0 aliphatic carbocycles. The van der Waals surface area contributed by atoms with Gasteiger partial charge in [0.1, 0.15) is 29.1 Å². The van der Waals surface area contributed by atoms with E-state index in [1.54, 1.807) is 36.4 Å². The smallest absolute Gasteiger partial charge is 0.326 e. The third kappa shape index (κ3) is 4.97. The van der Waals surface area contributed by atoms with Crippen LogP contribution in [-0.2, 0) is 11.2 Å². The summed E-state index contributed by atoms with van der Waals surface area (Å²) in [5.41, 5.74) is 0.694. The third-order valence-corrected chi connectivity index (χ3v) is 6.10. The van der Waals surface area contributed by atoms with Gasteiger partial charge in [0.15, 0.2) is 0 Å². The number of benzene rings is 4. The van der Waals surface area contributed by atoms with Crippen LogP contribution in [0.5, 0.6) is 0 Å². The molecule has 9 heteroatoms. The first-order valence-electron chi connectivity index (χ1n) is 10.3. The molecule has 1 atom stereocenters. The molecule has 1 unspecified atom stereocenters. The highest BCUT2D eigenvalue weighted by molar-refractivity contribution is 6.39. The molecule has 0 aromatic heterocycles. The fraction of sp³-hybridized carbons (Fsp3) is 0.0769. The van der Waals surface area contributed by atoms with Gasteiger partial charge < -0.3 is 10.4 Å². The fourth-order valence-electron chi connectivity index (χ4n) is 3.92. The first-order valence-corrected chi connectivity index (χ1v) is 11.1. The molecule has 4 nitrogen and oxygen atoms in total. The molecule has 0 fully saturated rings. The number of fused-ring (bicyclic) bond motifs is 1. The van der Waals surface area contributed by atoms with Gasteiger partial charge in [0, 0.05) is 12.0 Å². The Morgan fingerprint density at radius 1 is 0.857 bits per heavy atom. The lowest BCUT2D eigenvalue weighted by molar-refractivity contribution is -0.139. The van der Waals surface area contributed by atoms with Crippen molar-refractivity contribution in [1.82, 2.24) is 5.32 Å². The fourth-order valence-corrected chi connectivity index (χ4v) is 4.59. The van der Waals surface area contributed by atoms with Crippen molar-refractivity contribution in [2.45, 2.75) is 12.5 Å². The molecular weight excluding hydrogens is 502 g/mol. The second-order valence-corrected chi connectivity index (χ2v) is 8.54. The van der Waals surface area contributed by atoms with Crippen LogP contribution in [-0.4, -0.2) is 23.0 Å². The van der Waals surface area contributed by atoms with Crippen molar-refractivity contribution in [1.29, 1.82) is 0 Å². The molecule has 0 bridgehead atoms. The van der Waals surface area contributed by atoms with Gasteiger partial charge in [-0.1, -0.05) is 65.7 Å². The van der Waals surface area contributed by atoms with Gasteiger partial charge in [-0.3, -0.25) is 4.79 Å². The Morgan fingerprint density at radius 2 is 1.46 bits per heavy atom. The summed E-state index contributed by atoms with van der Waals surface area (Å²) >= 11 is 12.5. The summed E-state index contributed by atoms with van der Waals surface area (Å²) in [6, 6.07) is 14.1. The average Bonchev–Trinajstić information content (AvgIpc) is 2.79. The lowest BCUT2D eigenvalue weighted by Gasteiger charge is -2.18. The highest BCUT2D eigenvalue weighted by atomic mass is 35.5. The largest absolute Gasteiger partial charge is 0.480 e. The number of carbonyl (C=O) groups excluding carboxylic acids is 1.